The molecule has 0 spiro atoms. The van der Waals surface area contributed by atoms with Gasteiger partial charge >= 0.3 is 0 Å². The molecule has 5 nitrogen and oxygen atoms in total. The van der Waals surface area contributed by atoms with Gasteiger partial charge in [0.1, 0.15) is 5.75 Å². The molecule has 2 fully saturated rings. The Labute approximate surface area is 152 Å². The summed E-state index contributed by atoms with van der Waals surface area (Å²) in [5.74, 6) is 0.805. The topological polar surface area (TPSA) is 49.9 Å². The van der Waals surface area contributed by atoms with Gasteiger partial charge in [-0.05, 0) is 43.4 Å². The Balaban J connectivity index is 1.88. The molecule has 6 heteroatoms. The van der Waals surface area contributed by atoms with E-state index >= 15 is 0 Å². The standard InChI is InChI=1S/C19H30N2O3S/c1-24-18-12-10-17(11-13-18)19-9-5-4-8-16-21(19)25(22,23)20-14-6-2-3-7-15-20/h10-13,19H,2-9,14-16H2,1H3/t19-/m1/s1. The van der Waals surface area contributed by atoms with Crippen LogP contribution in [0, 0.1) is 0 Å². The van der Waals surface area contributed by atoms with Gasteiger partial charge in [-0.25, -0.2) is 0 Å². The van der Waals surface area contributed by atoms with Gasteiger partial charge in [-0.15, -0.1) is 0 Å². The summed E-state index contributed by atoms with van der Waals surface area (Å²) >= 11 is 0. The summed E-state index contributed by atoms with van der Waals surface area (Å²) in [5, 5.41) is 0. The molecule has 2 saturated heterocycles. The number of nitrogens with zero attached hydrogens (tertiary/aromatic N) is 2. The smallest absolute Gasteiger partial charge is 0.282 e. The van der Waals surface area contributed by atoms with Gasteiger partial charge in [0.15, 0.2) is 0 Å². The van der Waals surface area contributed by atoms with E-state index in [-0.39, 0.29) is 6.04 Å². The minimum atomic E-state index is -3.41. The van der Waals surface area contributed by atoms with Crippen molar-refractivity contribution in [3.8, 4) is 5.75 Å². The van der Waals surface area contributed by atoms with Crippen molar-refractivity contribution >= 4 is 10.2 Å². The first-order valence-electron chi connectivity index (χ1n) is 9.54. The first-order valence-corrected chi connectivity index (χ1v) is 10.9. The average Bonchev–Trinajstić information content (AvgIpc) is 3.05. The molecule has 0 N–H and O–H groups in total. The lowest BCUT2D eigenvalue weighted by Crippen LogP contribution is -2.45. The summed E-state index contributed by atoms with van der Waals surface area (Å²) in [6.07, 6.45) is 8.21. The number of hydrogen-bond donors (Lipinski definition) is 0. The lowest BCUT2D eigenvalue weighted by molar-refractivity contribution is 0.289. The second-order valence-corrected chi connectivity index (χ2v) is 8.95. The van der Waals surface area contributed by atoms with Crippen molar-refractivity contribution in [2.24, 2.45) is 0 Å². The van der Waals surface area contributed by atoms with E-state index in [9.17, 15) is 8.42 Å². The van der Waals surface area contributed by atoms with Gasteiger partial charge in [-0.3, -0.25) is 0 Å². The summed E-state index contributed by atoms with van der Waals surface area (Å²) in [5.41, 5.74) is 1.07. The third-order valence-corrected chi connectivity index (χ3v) is 7.44. The van der Waals surface area contributed by atoms with Crippen LogP contribution in [0.1, 0.15) is 63.0 Å². The van der Waals surface area contributed by atoms with Crippen molar-refractivity contribution in [3.05, 3.63) is 29.8 Å². The van der Waals surface area contributed by atoms with Crippen molar-refractivity contribution < 1.29 is 13.2 Å². The van der Waals surface area contributed by atoms with Gasteiger partial charge in [-0.2, -0.15) is 17.0 Å². The fraction of sp³-hybridized carbons (Fsp3) is 0.684. The van der Waals surface area contributed by atoms with E-state index in [2.05, 4.69) is 0 Å². The highest BCUT2D eigenvalue weighted by molar-refractivity contribution is 7.86. The minimum Gasteiger partial charge on any atom is -0.497 e. The van der Waals surface area contributed by atoms with Gasteiger partial charge in [0.25, 0.3) is 10.2 Å². The lowest BCUT2D eigenvalue weighted by Gasteiger charge is -2.34. The fourth-order valence-electron chi connectivity index (χ4n) is 3.94. The molecule has 0 unspecified atom stereocenters. The molecule has 2 aliphatic rings. The van der Waals surface area contributed by atoms with E-state index in [0.29, 0.717) is 19.6 Å². The van der Waals surface area contributed by atoms with Crippen LogP contribution in [0.25, 0.3) is 0 Å². The third kappa shape index (κ3) is 4.36. The number of benzene rings is 1. The van der Waals surface area contributed by atoms with Gasteiger partial charge < -0.3 is 4.74 Å². The van der Waals surface area contributed by atoms with Crippen LogP contribution < -0.4 is 4.74 Å². The van der Waals surface area contributed by atoms with Crippen LogP contribution in [0.3, 0.4) is 0 Å². The summed E-state index contributed by atoms with van der Waals surface area (Å²) in [6.45, 7) is 1.94. The summed E-state index contributed by atoms with van der Waals surface area (Å²) in [6, 6.07) is 7.81. The predicted octanol–water partition coefficient (Wildman–Crippen LogP) is 3.73. The lowest BCUT2D eigenvalue weighted by atomic mass is 10.0. The fourth-order valence-corrected chi connectivity index (χ4v) is 5.86. The number of methoxy groups -OCH3 is 1. The van der Waals surface area contributed by atoms with Crippen LogP contribution in [-0.4, -0.2) is 43.8 Å². The van der Waals surface area contributed by atoms with Crippen LogP contribution in [0.5, 0.6) is 5.75 Å². The van der Waals surface area contributed by atoms with Crippen LogP contribution in [0.4, 0.5) is 0 Å². The molecule has 1 aromatic carbocycles. The van der Waals surface area contributed by atoms with Gasteiger partial charge in [0.05, 0.1) is 13.2 Å². The van der Waals surface area contributed by atoms with Crippen molar-refractivity contribution in [3.63, 3.8) is 0 Å². The van der Waals surface area contributed by atoms with E-state index < -0.39 is 10.2 Å². The molecule has 0 amide bonds. The average molecular weight is 367 g/mol. The molecule has 2 heterocycles. The quantitative estimate of drug-likeness (QED) is 0.816. The van der Waals surface area contributed by atoms with E-state index in [1.807, 2.05) is 24.3 Å². The van der Waals surface area contributed by atoms with Gasteiger partial charge in [-0.1, -0.05) is 37.8 Å². The Kier molecular flexibility index (Phi) is 6.36. The van der Waals surface area contributed by atoms with Crippen LogP contribution in [0.2, 0.25) is 0 Å². The molecule has 25 heavy (non-hydrogen) atoms. The Bertz CT molecular complexity index is 637. The molecule has 3 rings (SSSR count). The maximum absolute atomic E-state index is 13.4. The molecular weight excluding hydrogens is 336 g/mol. The summed E-state index contributed by atoms with van der Waals surface area (Å²) in [7, 11) is -1.76. The first-order chi connectivity index (χ1) is 12.1. The first kappa shape index (κ1) is 18.7. The third-order valence-electron chi connectivity index (χ3n) is 5.39. The molecule has 0 radical (unpaired) electrons. The Hall–Kier alpha value is -1.11. The monoisotopic (exact) mass is 366 g/mol. The summed E-state index contributed by atoms with van der Waals surface area (Å²) in [4.78, 5) is 0. The molecule has 1 aromatic rings. The van der Waals surface area contributed by atoms with E-state index in [1.54, 1.807) is 15.7 Å². The highest BCUT2D eigenvalue weighted by Gasteiger charge is 2.36. The van der Waals surface area contributed by atoms with Crippen molar-refractivity contribution in [2.45, 2.75) is 57.4 Å². The van der Waals surface area contributed by atoms with Crippen LogP contribution >= 0.6 is 0 Å². The zero-order valence-electron chi connectivity index (χ0n) is 15.2. The summed E-state index contributed by atoms with van der Waals surface area (Å²) < 4.78 is 35.5. The molecule has 1 atom stereocenters. The largest absolute Gasteiger partial charge is 0.497 e. The Morgan fingerprint density at radius 3 is 2.12 bits per heavy atom. The van der Waals surface area contributed by atoms with E-state index in [0.717, 1.165) is 62.7 Å². The molecule has 0 aromatic heterocycles. The number of hydrogen-bond acceptors (Lipinski definition) is 3. The SMILES string of the molecule is COc1ccc([C@H]2CCCCCN2S(=O)(=O)N2CCCCCC2)cc1. The second-order valence-electron chi connectivity index (χ2n) is 7.07. The predicted molar refractivity (Wildman–Crippen MR) is 99.9 cm³/mol. The highest BCUT2D eigenvalue weighted by Crippen LogP contribution is 2.34. The van der Waals surface area contributed by atoms with Crippen molar-refractivity contribution in [1.29, 1.82) is 0 Å². The zero-order chi connectivity index (χ0) is 17.7. The second kappa shape index (κ2) is 8.52. The van der Waals surface area contributed by atoms with Gasteiger partial charge in [0, 0.05) is 19.6 Å². The maximum atomic E-state index is 13.4. The van der Waals surface area contributed by atoms with Crippen LogP contribution in [0.15, 0.2) is 24.3 Å². The Morgan fingerprint density at radius 1 is 0.880 bits per heavy atom. The van der Waals surface area contributed by atoms with Gasteiger partial charge in [0.2, 0.25) is 0 Å². The van der Waals surface area contributed by atoms with E-state index in [1.165, 1.54) is 0 Å². The highest BCUT2D eigenvalue weighted by atomic mass is 32.2. The Morgan fingerprint density at radius 2 is 1.48 bits per heavy atom. The number of ether oxygens (including phenoxy) is 1. The molecule has 0 bridgehead atoms. The minimum absolute atomic E-state index is 0.0679. The molecule has 2 aliphatic heterocycles. The molecular formula is C19H30N2O3S. The molecule has 140 valence electrons. The number of rotatable bonds is 4. The normalized spacial score (nSPS) is 24.4. The van der Waals surface area contributed by atoms with Crippen LogP contribution in [-0.2, 0) is 10.2 Å². The maximum Gasteiger partial charge on any atom is 0.282 e. The van der Waals surface area contributed by atoms with E-state index in [4.69, 9.17) is 4.74 Å². The molecule has 0 saturated carbocycles. The zero-order valence-corrected chi connectivity index (χ0v) is 16.0. The van der Waals surface area contributed by atoms with Crippen molar-refractivity contribution in [2.75, 3.05) is 26.7 Å². The molecule has 0 aliphatic carbocycles. The van der Waals surface area contributed by atoms with Crippen molar-refractivity contribution in [1.82, 2.24) is 8.61 Å².